The highest BCUT2D eigenvalue weighted by Crippen LogP contribution is 2.32. The molecule has 1 aromatic heterocycles. The monoisotopic (exact) mass is 292 g/mol. The minimum absolute atomic E-state index is 0.140. The average molecular weight is 292 g/mol. The summed E-state index contributed by atoms with van der Waals surface area (Å²) in [6, 6.07) is 2.79. The molecular weight excluding hydrogens is 284 g/mol. The highest BCUT2D eigenvalue weighted by molar-refractivity contribution is 7.98. The van der Waals surface area contributed by atoms with Gasteiger partial charge in [0.1, 0.15) is 5.82 Å². The highest BCUT2D eigenvalue weighted by Gasteiger charge is 2.33. The predicted octanol–water partition coefficient (Wildman–Crippen LogP) is 2.84. The fourth-order valence-electron chi connectivity index (χ4n) is 1.35. The van der Waals surface area contributed by atoms with Crippen LogP contribution in [0.3, 0.4) is 0 Å². The maximum atomic E-state index is 13.3. The molecule has 0 fully saturated rings. The number of hydrogen-bond acceptors (Lipinski definition) is 4. The van der Waals surface area contributed by atoms with Gasteiger partial charge < -0.3 is 5.73 Å². The molecular formula is C10H8F4N4S. The summed E-state index contributed by atoms with van der Waals surface area (Å²) < 4.78 is 50.3. The van der Waals surface area contributed by atoms with Crippen LogP contribution < -0.4 is 5.73 Å². The van der Waals surface area contributed by atoms with Crippen molar-refractivity contribution in [2.45, 2.75) is 17.1 Å². The van der Waals surface area contributed by atoms with E-state index < -0.39 is 17.6 Å². The quantitative estimate of drug-likeness (QED) is 0.674. The van der Waals surface area contributed by atoms with Crippen molar-refractivity contribution in [3.8, 4) is 0 Å². The number of aromatic amines is 1. The largest absolute Gasteiger partial charge is 0.419 e. The third-order valence-electron chi connectivity index (χ3n) is 2.19. The first-order valence-corrected chi connectivity index (χ1v) is 6.01. The van der Waals surface area contributed by atoms with Crippen molar-refractivity contribution in [1.82, 2.24) is 15.2 Å². The van der Waals surface area contributed by atoms with Crippen LogP contribution in [-0.4, -0.2) is 15.2 Å². The van der Waals surface area contributed by atoms with Crippen LogP contribution in [-0.2, 0) is 11.9 Å². The van der Waals surface area contributed by atoms with Crippen LogP contribution in [0.2, 0.25) is 0 Å². The summed E-state index contributed by atoms with van der Waals surface area (Å²) in [4.78, 5) is 3.81. The maximum Gasteiger partial charge on any atom is 0.419 e. The van der Waals surface area contributed by atoms with Gasteiger partial charge in [0.2, 0.25) is 11.1 Å². The summed E-state index contributed by atoms with van der Waals surface area (Å²) in [5, 5.41) is 6.50. The number of rotatable bonds is 3. The average Bonchev–Trinajstić information content (AvgIpc) is 2.71. The molecule has 0 bridgehead atoms. The SMILES string of the molecule is Nc1nc(SCc2ccc(C(F)(F)F)c(F)c2)n[nH]1. The van der Waals surface area contributed by atoms with Gasteiger partial charge in [0, 0.05) is 5.75 Å². The van der Waals surface area contributed by atoms with E-state index in [1.54, 1.807) is 0 Å². The molecule has 0 unspecified atom stereocenters. The Labute approximate surface area is 109 Å². The Morgan fingerprint density at radius 1 is 1.32 bits per heavy atom. The normalized spacial score (nSPS) is 11.8. The number of H-pyrrole nitrogens is 1. The molecule has 0 radical (unpaired) electrons. The van der Waals surface area contributed by atoms with E-state index in [1.165, 1.54) is 6.07 Å². The van der Waals surface area contributed by atoms with Crippen molar-refractivity contribution >= 4 is 17.7 Å². The van der Waals surface area contributed by atoms with E-state index >= 15 is 0 Å². The number of nitrogens with two attached hydrogens (primary N) is 1. The van der Waals surface area contributed by atoms with Gasteiger partial charge >= 0.3 is 6.18 Å². The van der Waals surface area contributed by atoms with Crippen molar-refractivity contribution in [3.63, 3.8) is 0 Å². The molecule has 102 valence electrons. The van der Waals surface area contributed by atoms with Crippen LogP contribution in [0, 0.1) is 5.82 Å². The fourth-order valence-corrected chi connectivity index (χ4v) is 2.10. The number of anilines is 1. The highest BCUT2D eigenvalue weighted by atomic mass is 32.2. The van der Waals surface area contributed by atoms with Crippen LogP contribution in [0.5, 0.6) is 0 Å². The van der Waals surface area contributed by atoms with Crippen LogP contribution in [0.4, 0.5) is 23.5 Å². The second kappa shape index (κ2) is 5.08. The molecule has 4 nitrogen and oxygen atoms in total. The number of thioether (sulfide) groups is 1. The first kappa shape index (κ1) is 13.7. The van der Waals surface area contributed by atoms with E-state index in [-0.39, 0.29) is 11.7 Å². The lowest BCUT2D eigenvalue weighted by Gasteiger charge is -2.08. The third kappa shape index (κ3) is 3.37. The summed E-state index contributed by atoms with van der Waals surface area (Å²) in [6.07, 6.45) is -4.69. The van der Waals surface area contributed by atoms with E-state index in [2.05, 4.69) is 15.2 Å². The van der Waals surface area contributed by atoms with E-state index in [0.717, 1.165) is 23.9 Å². The van der Waals surface area contributed by atoms with Gasteiger partial charge in [0.25, 0.3) is 0 Å². The lowest BCUT2D eigenvalue weighted by atomic mass is 10.1. The Hall–Kier alpha value is -1.77. The number of aromatic nitrogens is 3. The Morgan fingerprint density at radius 3 is 2.58 bits per heavy atom. The lowest BCUT2D eigenvalue weighted by Crippen LogP contribution is -2.08. The molecule has 0 saturated carbocycles. The molecule has 2 aromatic rings. The van der Waals surface area contributed by atoms with Crippen molar-refractivity contribution < 1.29 is 17.6 Å². The smallest absolute Gasteiger partial charge is 0.368 e. The number of nitrogens with one attached hydrogen (secondary N) is 1. The lowest BCUT2D eigenvalue weighted by molar-refractivity contribution is -0.140. The van der Waals surface area contributed by atoms with E-state index in [1.807, 2.05) is 0 Å². The van der Waals surface area contributed by atoms with Gasteiger partial charge in [-0.15, -0.1) is 5.10 Å². The third-order valence-corrected chi connectivity index (χ3v) is 3.11. The fraction of sp³-hybridized carbons (Fsp3) is 0.200. The molecule has 0 saturated heterocycles. The zero-order chi connectivity index (χ0) is 14.0. The van der Waals surface area contributed by atoms with E-state index in [0.29, 0.717) is 10.7 Å². The second-order valence-corrected chi connectivity index (χ2v) is 4.55. The maximum absolute atomic E-state index is 13.3. The number of nitrogen functional groups attached to an aromatic ring is 1. The summed E-state index contributed by atoms with van der Waals surface area (Å²) in [5.41, 5.74) is 4.44. The van der Waals surface area contributed by atoms with Crippen LogP contribution >= 0.6 is 11.8 Å². The standard InChI is InChI=1S/C10H8F4N4S/c11-7-3-5(1-2-6(7)10(12,13)14)4-19-9-16-8(15)17-18-9/h1-3H,4H2,(H3,15,16,17,18). The topological polar surface area (TPSA) is 67.6 Å². The summed E-state index contributed by atoms with van der Waals surface area (Å²) in [7, 11) is 0. The number of halogens is 4. The minimum Gasteiger partial charge on any atom is -0.368 e. The molecule has 3 N–H and O–H groups in total. The van der Waals surface area contributed by atoms with E-state index in [9.17, 15) is 17.6 Å². The van der Waals surface area contributed by atoms with Gasteiger partial charge in [-0.2, -0.15) is 18.2 Å². The van der Waals surface area contributed by atoms with Crippen molar-refractivity contribution in [3.05, 3.63) is 35.1 Å². The number of hydrogen-bond donors (Lipinski definition) is 2. The van der Waals surface area contributed by atoms with Crippen molar-refractivity contribution in [1.29, 1.82) is 0 Å². The molecule has 0 spiro atoms. The predicted molar refractivity (Wildman–Crippen MR) is 61.8 cm³/mol. The molecule has 1 aromatic carbocycles. The molecule has 1 heterocycles. The van der Waals surface area contributed by atoms with Crippen molar-refractivity contribution in [2.24, 2.45) is 0 Å². The van der Waals surface area contributed by atoms with Crippen LogP contribution in [0.15, 0.2) is 23.4 Å². The molecule has 2 rings (SSSR count). The number of alkyl halides is 3. The molecule has 0 aliphatic carbocycles. The number of nitrogens with zero attached hydrogens (tertiary/aromatic N) is 2. The van der Waals surface area contributed by atoms with Crippen LogP contribution in [0.25, 0.3) is 0 Å². The van der Waals surface area contributed by atoms with Gasteiger partial charge in [0.15, 0.2) is 0 Å². The van der Waals surface area contributed by atoms with Gasteiger partial charge in [-0.05, 0) is 17.7 Å². The molecule has 0 amide bonds. The summed E-state index contributed by atoms with van der Waals surface area (Å²) >= 11 is 1.14. The molecule has 19 heavy (non-hydrogen) atoms. The zero-order valence-corrected chi connectivity index (χ0v) is 10.1. The van der Waals surface area contributed by atoms with Gasteiger partial charge in [-0.1, -0.05) is 17.8 Å². The Kier molecular flexibility index (Phi) is 3.65. The Bertz CT molecular complexity index is 581. The van der Waals surface area contributed by atoms with Gasteiger partial charge in [0.05, 0.1) is 5.56 Å². The van der Waals surface area contributed by atoms with Gasteiger partial charge in [-0.25, -0.2) is 9.49 Å². The first-order chi connectivity index (χ1) is 8.86. The number of benzene rings is 1. The van der Waals surface area contributed by atoms with E-state index in [4.69, 9.17) is 5.73 Å². The Balaban J connectivity index is 2.08. The summed E-state index contributed by atoms with van der Waals surface area (Å²) in [6.45, 7) is 0. The minimum atomic E-state index is -4.69. The van der Waals surface area contributed by atoms with Gasteiger partial charge in [-0.3, -0.25) is 0 Å². The summed E-state index contributed by atoms with van der Waals surface area (Å²) in [5.74, 6) is -0.909. The Morgan fingerprint density at radius 2 is 2.05 bits per heavy atom. The molecule has 9 heteroatoms. The first-order valence-electron chi connectivity index (χ1n) is 5.02. The zero-order valence-electron chi connectivity index (χ0n) is 9.33. The van der Waals surface area contributed by atoms with Crippen molar-refractivity contribution in [2.75, 3.05) is 5.73 Å². The molecule has 0 aliphatic heterocycles. The molecule has 0 aliphatic rings. The second-order valence-electron chi connectivity index (χ2n) is 3.60. The van der Waals surface area contributed by atoms with Crippen LogP contribution in [0.1, 0.15) is 11.1 Å². The molecule has 0 atom stereocenters.